The molecule has 0 saturated heterocycles. The van der Waals surface area contributed by atoms with E-state index in [-0.39, 0.29) is 5.95 Å². The van der Waals surface area contributed by atoms with E-state index in [1.165, 1.54) is 16.7 Å². The average molecular weight is 254 g/mol. The number of carbonyl (C=O) groups is 1. The summed E-state index contributed by atoms with van der Waals surface area (Å²) in [5.41, 5.74) is 11.1. The molecule has 0 amide bonds. The number of nitrogens with zero attached hydrogens (tertiary/aromatic N) is 2. The summed E-state index contributed by atoms with van der Waals surface area (Å²) in [4.78, 5) is 15.1. The molecule has 18 heavy (non-hydrogen) atoms. The van der Waals surface area contributed by atoms with Gasteiger partial charge in [-0.3, -0.25) is 4.79 Å². The summed E-state index contributed by atoms with van der Waals surface area (Å²) in [5, 5.41) is 0. The molecule has 0 aliphatic carbocycles. The molecule has 0 radical (unpaired) electrons. The number of nitrogen functional groups attached to an aromatic ring is 1. The number of aryl methyl sites for hydroxylation is 1. The van der Waals surface area contributed by atoms with E-state index >= 15 is 0 Å². The van der Waals surface area contributed by atoms with Crippen LogP contribution in [-0.2, 0) is 17.8 Å². The lowest BCUT2D eigenvalue weighted by atomic mass is 10.0. The van der Waals surface area contributed by atoms with Gasteiger partial charge in [-0.05, 0) is 12.1 Å². The van der Waals surface area contributed by atoms with Gasteiger partial charge in [-0.2, -0.15) is 8.78 Å². The van der Waals surface area contributed by atoms with Gasteiger partial charge in [0.25, 0.3) is 0 Å². The predicted molar refractivity (Wildman–Crippen MR) is 63.1 cm³/mol. The first-order valence-electron chi connectivity index (χ1n) is 5.21. The van der Waals surface area contributed by atoms with Crippen molar-refractivity contribution >= 4 is 22.8 Å². The molecule has 1 aromatic carbocycles. The fraction of sp³-hybridized carbons (Fsp3) is 0.273. The molecule has 0 atom stereocenters. The van der Waals surface area contributed by atoms with Gasteiger partial charge in [-0.25, -0.2) is 4.98 Å². The Morgan fingerprint density at radius 2 is 2.17 bits per heavy atom. The summed E-state index contributed by atoms with van der Waals surface area (Å²) in [5.74, 6) is -4.70. The number of carbonyl (C=O) groups excluding carboxylic acids is 1. The van der Waals surface area contributed by atoms with Crippen LogP contribution in [0.1, 0.15) is 5.56 Å². The normalized spacial score (nSPS) is 12.0. The molecule has 0 aliphatic heterocycles. The second-order valence-electron chi connectivity index (χ2n) is 3.93. The Morgan fingerprint density at radius 1 is 1.50 bits per heavy atom. The van der Waals surface area contributed by atoms with E-state index < -0.39 is 23.8 Å². The van der Waals surface area contributed by atoms with Crippen LogP contribution in [0.2, 0.25) is 0 Å². The zero-order valence-corrected chi connectivity index (χ0v) is 9.65. The van der Waals surface area contributed by atoms with Crippen LogP contribution in [0.25, 0.3) is 11.0 Å². The van der Waals surface area contributed by atoms with Gasteiger partial charge in [0.15, 0.2) is 0 Å². The molecule has 0 saturated carbocycles. The SMILES string of the molecule is Cn1c(N)nc2ccc(C(F)(F)C(=O)CN)cc21. The lowest BCUT2D eigenvalue weighted by Gasteiger charge is -2.14. The van der Waals surface area contributed by atoms with Crippen molar-refractivity contribution in [3.63, 3.8) is 0 Å². The molecule has 2 aromatic rings. The molecule has 0 spiro atoms. The fourth-order valence-electron chi connectivity index (χ4n) is 1.69. The summed E-state index contributed by atoms with van der Waals surface area (Å²) in [6.07, 6.45) is 0. The molecular formula is C11H12F2N4O. The summed E-state index contributed by atoms with van der Waals surface area (Å²) in [7, 11) is 1.61. The first kappa shape index (κ1) is 12.4. The van der Waals surface area contributed by atoms with Gasteiger partial charge < -0.3 is 16.0 Å². The maximum absolute atomic E-state index is 13.7. The minimum absolute atomic E-state index is 0.218. The number of alkyl halides is 2. The number of hydrogen-bond donors (Lipinski definition) is 2. The maximum atomic E-state index is 13.7. The van der Waals surface area contributed by atoms with Crippen molar-refractivity contribution in [2.45, 2.75) is 5.92 Å². The lowest BCUT2D eigenvalue weighted by molar-refractivity contribution is -0.142. The van der Waals surface area contributed by atoms with E-state index in [4.69, 9.17) is 11.5 Å². The first-order valence-corrected chi connectivity index (χ1v) is 5.21. The third-order valence-electron chi connectivity index (χ3n) is 2.81. The number of fused-ring (bicyclic) bond motifs is 1. The second-order valence-corrected chi connectivity index (χ2v) is 3.93. The molecule has 0 unspecified atom stereocenters. The van der Waals surface area contributed by atoms with Crippen molar-refractivity contribution in [1.29, 1.82) is 0 Å². The zero-order valence-electron chi connectivity index (χ0n) is 9.65. The van der Waals surface area contributed by atoms with Gasteiger partial charge in [0, 0.05) is 12.6 Å². The van der Waals surface area contributed by atoms with E-state index in [0.29, 0.717) is 11.0 Å². The van der Waals surface area contributed by atoms with Crippen LogP contribution in [0.15, 0.2) is 18.2 Å². The number of halogens is 2. The molecule has 4 N–H and O–H groups in total. The average Bonchev–Trinajstić information content (AvgIpc) is 2.63. The number of benzene rings is 1. The number of nitrogens with two attached hydrogens (primary N) is 2. The van der Waals surface area contributed by atoms with Gasteiger partial charge in [0.05, 0.1) is 17.6 Å². The second kappa shape index (κ2) is 4.02. The van der Waals surface area contributed by atoms with E-state index in [2.05, 4.69) is 4.98 Å². The first-order chi connectivity index (χ1) is 8.37. The Balaban J connectivity index is 2.59. The van der Waals surface area contributed by atoms with Crippen LogP contribution in [-0.4, -0.2) is 21.9 Å². The minimum Gasteiger partial charge on any atom is -0.369 e. The number of rotatable bonds is 3. The fourth-order valence-corrected chi connectivity index (χ4v) is 1.69. The highest BCUT2D eigenvalue weighted by molar-refractivity contribution is 5.90. The van der Waals surface area contributed by atoms with Crippen molar-refractivity contribution in [2.24, 2.45) is 12.8 Å². The molecule has 1 heterocycles. The van der Waals surface area contributed by atoms with Crippen LogP contribution in [0.4, 0.5) is 14.7 Å². The lowest BCUT2D eigenvalue weighted by Crippen LogP contribution is -2.32. The molecule has 96 valence electrons. The number of ketones is 1. The predicted octanol–water partition coefficient (Wildman–Crippen LogP) is 0.775. The Morgan fingerprint density at radius 3 is 2.78 bits per heavy atom. The molecular weight excluding hydrogens is 242 g/mol. The Hall–Kier alpha value is -2.02. The topological polar surface area (TPSA) is 86.9 Å². The van der Waals surface area contributed by atoms with Crippen LogP contribution in [0.3, 0.4) is 0 Å². The largest absolute Gasteiger partial charge is 0.369 e. The summed E-state index contributed by atoms with van der Waals surface area (Å²) in [6.45, 7) is -0.710. The Kier molecular flexibility index (Phi) is 2.78. The summed E-state index contributed by atoms with van der Waals surface area (Å²) >= 11 is 0. The van der Waals surface area contributed by atoms with Crippen molar-refractivity contribution < 1.29 is 13.6 Å². The van der Waals surface area contributed by atoms with Crippen LogP contribution in [0, 0.1) is 0 Å². The maximum Gasteiger partial charge on any atom is 0.331 e. The van der Waals surface area contributed by atoms with Crippen LogP contribution < -0.4 is 11.5 Å². The third kappa shape index (κ3) is 1.72. The molecule has 0 fully saturated rings. The highest BCUT2D eigenvalue weighted by Crippen LogP contribution is 2.31. The Labute approximate surface area is 101 Å². The summed E-state index contributed by atoms with van der Waals surface area (Å²) < 4.78 is 28.9. The van der Waals surface area contributed by atoms with Gasteiger partial charge in [0.1, 0.15) is 0 Å². The van der Waals surface area contributed by atoms with Gasteiger partial charge in [-0.15, -0.1) is 0 Å². The van der Waals surface area contributed by atoms with Gasteiger partial charge in [0.2, 0.25) is 11.7 Å². The van der Waals surface area contributed by atoms with Gasteiger partial charge >= 0.3 is 5.92 Å². The standard InChI is InChI=1S/C11H12F2N4O/c1-17-8-4-6(11(12,13)9(18)5-14)2-3-7(8)16-10(17)15/h2-4H,5,14H2,1H3,(H2,15,16). The number of anilines is 1. The zero-order chi connectivity index (χ0) is 13.5. The highest BCUT2D eigenvalue weighted by atomic mass is 19.3. The van der Waals surface area contributed by atoms with E-state index in [1.807, 2.05) is 0 Å². The van der Waals surface area contributed by atoms with Crippen molar-refractivity contribution in [3.05, 3.63) is 23.8 Å². The molecule has 2 rings (SSSR count). The van der Waals surface area contributed by atoms with E-state index in [1.54, 1.807) is 7.05 Å². The monoisotopic (exact) mass is 254 g/mol. The molecule has 1 aromatic heterocycles. The molecule has 7 heteroatoms. The van der Waals surface area contributed by atoms with Crippen LogP contribution in [0.5, 0.6) is 0 Å². The van der Waals surface area contributed by atoms with Crippen molar-refractivity contribution in [1.82, 2.24) is 9.55 Å². The molecule has 0 bridgehead atoms. The minimum atomic E-state index is -3.60. The third-order valence-corrected chi connectivity index (χ3v) is 2.81. The van der Waals surface area contributed by atoms with Gasteiger partial charge in [-0.1, -0.05) is 6.07 Å². The van der Waals surface area contributed by atoms with Crippen molar-refractivity contribution in [2.75, 3.05) is 12.3 Å². The highest BCUT2D eigenvalue weighted by Gasteiger charge is 2.39. The smallest absolute Gasteiger partial charge is 0.331 e. The number of imidazole rings is 1. The van der Waals surface area contributed by atoms with Crippen LogP contribution >= 0.6 is 0 Å². The molecule has 0 aliphatic rings. The molecule has 5 nitrogen and oxygen atoms in total. The quantitative estimate of drug-likeness (QED) is 0.847. The number of aromatic nitrogens is 2. The van der Waals surface area contributed by atoms with E-state index in [9.17, 15) is 13.6 Å². The van der Waals surface area contributed by atoms with E-state index in [0.717, 1.165) is 6.07 Å². The van der Waals surface area contributed by atoms with Crippen molar-refractivity contribution in [3.8, 4) is 0 Å². The number of Topliss-reactive ketones (excluding diaryl/α,β-unsaturated/α-hetero) is 1. The number of hydrogen-bond acceptors (Lipinski definition) is 4. The Bertz CT molecular complexity index is 621. The summed E-state index contributed by atoms with van der Waals surface area (Å²) in [6, 6.07) is 3.76.